The Morgan fingerprint density at radius 2 is 2.18 bits per heavy atom. The maximum Gasteiger partial charge on any atom is 0.202 e. The van der Waals surface area contributed by atoms with Crippen molar-refractivity contribution in [1.29, 1.82) is 0 Å². The average molecular weight is 319 g/mol. The fraction of sp³-hybridized carbons (Fsp3) is 0.500. The Kier molecular flexibility index (Phi) is 4.90. The smallest absolute Gasteiger partial charge is 0.202 e. The van der Waals surface area contributed by atoms with Gasteiger partial charge in [-0.05, 0) is 42.9 Å². The van der Waals surface area contributed by atoms with Gasteiger partial charge in [0.1, 0.15) is 11.6 Å². The molecule has 1 heterocycles. The van der Waals surface area contributed by atoms with Crippen molar-refractivity contribution < 1.29 is 9.84 Å². The summed E-state index contributed by atoms with van der Waals surface area (Å²) in [5.74, 6) is 1.17. The first kappa shape index (κ1) is 15.2. The lowest BCUT2D eigenvalue weighted by molar-refractivity contribution is 0.201. The zero-order chi connectivity index (χ0) is 15.4. The molecule has 118 valence electrons. The SMILES string of the molecule is COCCc1nsc(NCc2c(O)ccc3c2CCCC3)n1. The van der Waals surface area contributed by atoms with Crippen LogP contribution in [-0.4, -0.2) is 28.2 Å². The molecule has 0 spiro atoms. The summed E-state index contributed by atoms with van der Waals surface area (Å²) in [4.78, 5) is 4.44. The molecule has 5 nitrogen and oxygen atoms in total. The van der Waals surface area contributed by atoms with Crippen LogP contribution in [0.3, 0.4) is 0 Å². The first-order chi connectivity index (χ1) is 10.8. The van der Waals surface area contributed by atoms with Gasteiger partial charge in [-0.2, -0.15) is 4.37 Å². The van der Waals surface area contributed by atoms with E-state index >= 15 is 0 Å². The van der Waals surface area contributed by atoms with Crippen molar-refractivity contribution in [2.45, 2.75) is 38.6 Å². The highest BCUT2D eigenvalue weighted by Gasteiger charge is 2.16. The predicted molar refractivity (Wildman–Crippen MR) is 87.6 cm³/mol. The van der Waals surface area contributed by atoms with Crippen LogP contribution < -0.4 is 5.32 Å². The molecule has 0 amide bonds. The molecule has 2 aromatic rings. The van der Waals surface area contributed by atoms with Crippen molar-refractivity contribution in [3.05, 3.63) is 34.6 Å². The number of ether oxygens (including phenoxy) is 1. The summed E-state index contributed by atoms with van der Waals surface area (Å²) in [6.07, 6.45) is 5.33. The van der Waals surface area contributed by atoms with Gasteiger partial charge < -0.3 is 15.2 Å². The third-order valence-corrected chi connectivity index (χ3v) is 4.75. The van der Waals surface area contributed by atoms with E-state index in [4.69, 9.17) is 4.74 Å². The van der Waals surface area contributed by atoms with Gasteiger partial charge in [-0.15, -0.1) is 0 Å². The number of nitrogens with one attached hydrogen (secondary N) is 1. The third kappa shape index (κ3) is 3.39. The van der Waals surface area contributed by atoms with Crippen LogP contribution in [0.5, 0.6) is 5.75 Å². The number of phenolic OH excluding ortho intramolecular Hbond substituents is 1. The quantitative estimate of drug-likeness (QED) is 0.857. The summed E-state index contributed by atoms with van der Waals surface area (Å²) in [5.41, 5.74) is 3.69. The van der Waals surface area contributed by atoms with E-state index in [9.17, 15) is 5.11 Å². The van der Waals surface area contributed by atoms with E-state index in [0.717, 1.165) is 35.8 Å². The number of hydrogen-bond donors (Lipinski definition) is 2. The summed E-state index contributed by atoms with van der Waals surface area (Å²) in [6, 6.07) is 3.87. The second-order valence-corrected chi connectivity index (χ2v) is 6.27. The van der Waals surface area contributed by atoms with E-state index in [1.807, 2.05) is 6.07 Å². The van der Waals surface area contributed by atoms with Gasteiger partial charge in [0.2, 0.25) is 5.13 Å². The summed E-state index contributed by atoms with van der Waals surface area (Å²) in [6.45, 7) is 1.22. The van der Waals surface area contributed by atoms with Crippen LogP contribution in [0.2, 0.25) is 0 Å². The van der Waals surface area contributed by atoms with Gasteiger partial charge in [0, 0.05) is 37.2 Å². The fourth-order valence-corrected chi connectivity index (χ4v) is 3.48. The van der Waals surface area contributed by atoms with Crippen molar-refractivity contribution >= 4 is 16.7 Å². The minimum atomic E-state index is 0.372. The summed E-state index contributed by atoms with van der Waals surface area (Å²) >= 11 is 1.35. The van der Waals surface area contributed by atoms with Crippen LogP contribution >= 0.6 is 11.5 Å². The van der Waals surface area contributed by atoms with Crippen LogP contribution in [0.25, 0.3) is 0 Å². The molecule has 6 heteroatoms. The summed E-state index contributed by atoms with van der Waals surface area (Å²) < 4.78 is 9.33. The molecular formula is C16H21N3O2S. The van der Waals surface area contributed by atoms with Crippen LogP contribution in [-0.2, 0) is 30.5 Å². The highest BCUT2D eigenvalue weighted by Crippen LogP contribution is 2.31. The number of nitrogens with zero attached hydrogens (tertiary/aromatic N) is 2. The highest BCUT2D eigenvalue weighted by molar-refractivity contribution is 7.09. The topological polar surface area (TPSA) is 67.3 Å². The Morgan fingerprint density at radius 3 is 3.05 bits per heavy atom. The molecule has 0 saturated heterocycles. The lowest BCUT2D eigenvalue weighted by atomic mass is 9.88. The number of hydrogen-bond acceptors (Lipinski definition) is 6. The molecular weight excluding hydrogens is 298 g/mol. The van der Waals surface area contributed by atoms with Gasteiger partial charge in [-0.1, -0.05) is 6.07 Å². The van der Waals surface area contributed by atoms with Crippen molar-refractivity contribution in [2.24, 2.45) is 0 Å². The molecule has 3 rings (SSSR count). The Bertz CT molecular complexity index is 642. The van der Waals surface area contributed by atoms with Crippen LogP contribution in [0, 0.1) is 0 Å². The summed E-state index contributed by atoms with van der Waals surface area (Å²) in [7, 11) is 1.67. The molecule has 1 aliphatic rings. The second kappa shape index (κ2) is 7.07. The molecule has 0 atom stereocenters. The molecule has 1 aromatic heterocycles. The number of fused-ring (bicyclic) bond motifs is 1. The number of aryl methyl sites for hydroxylation is 1. The number of anilines is 1. The molecule has 2 N–H and O–H groups in total. The van der Waals surface area contributed by atoms with Gasteiger partial charge in [0.25, 0.3) is 0 Å². The molecule has 0 bridgehead atoms. The molecule has 22 heavy (non-hydrogen) atoms. The van der Waals surface area contributed by atoms with E-state index in [2.05, 4.69) is 20.7 Å². The normalized spacial score (nSPS) is 13.9. The van der Waals surface area contributed by atoms with Crippen LogP contribution in [0.15, 0.2) is 12.1 Å². The van der Waals surface area contributed by atoms with Crippen LogP contribution in [0.4, 0.5) is 5.13 Å². The number of rotatable bonds is 6. The van der Waals surface area contributed by atoms with Crippen molar-refractivity contribution in [3.63, 3.8) is 0 Å². The monoisotopic (exact) mass is 319 g/mol. The van der Waals surface area contributed by atoms with E-state index in [1.54, 1.807) is 7.11 Å². The zero-order valence-corrected chi connectivity index (χ0v) is 13.6. The minimum Gasteiger partial charge on any atom is -0.508 e. The molecule has 1 aliphatic carbocycles. The Labute approximate surface area is 134 Å². The Hall–Kier alpha value is -1.66. The summed E-state index contributed by atoms with van der Waals surface area (Å²) in [5, 5.41) is 14.3. The lowest BCUT2D eigenvalue weighted by Gasteiger charge is -2.20. The Balaban J connectivity index is 1.70. The maximum atomic E-state index is 10.2. The molecule has 1 aromatic carbocycles. The molecule has 0 aliphatic heterocycles. The average Bonchev–Trinajstić information content (AvgIpc) is 3.00. The zero-order valence-electron chi connectivity index (χ0n) is 12.8. The van der Waals surface area contributed by atoms with E-state index in [1.165, 1.54) is 35.5 Å². The lowest BCUT2D eigenvalue weighted by Crippen LogP contribution is -2.10. The molecule has 0 unspecified atom stereocenters. The largest absolute Gasteiger partial charge is 0.508 e. The van der Waals surface area contributed by atoms with Gasteiger partial charge in [-0.25, -0.2) is 4.98 Å². The van der Waals surface area contributed by atoms with Crippen molar-refractivity contribution in [1.82, 2.24) is 9.36 Å². The maximum absolute atomic E-state index is 10.2. The first-order valence-electron chi connectivity index (χ1n) is 7.66. The van der Waals surface area contributed by atoms with E-state index in [-0.39, 0.29) is 0 Å². The standard InChI is InChI=1S/C16H21N3O2S/c1-21-9-8-15-18-16(22-19-15)17-10-13-12-5-3-2-4-11(12)6-7-14(13)20/h6-7,20H,2-5,8-10H2,1H3,(H,17,18,19). The number of aromatic nitrogens is 2. The number of methoxy groups -OCH3 is 1. The number of aromatic hydroxyl groups is 1. The van der Waals surface area contributed by atoms with Gasteiger partial charge in [0.05, 0.1) is 6.61 Å². The second-order valence-electron chi connectivity index (χ2n) is 5.52. The number of benzene rings is 1. The highest BCUT2D eigenvalue weighted by atomic mass is 32.1. The van der Waals surface area contributed by atoms with Crippen molar-refractivity contribution in [2.75, 3.05) is 19.0 Å². The van der Waals surface area contributed by atoms with E-state index < -0.39 is 0 Å². The molecule has 0 saturated carbocycles. The van der Waals surface area contributed by atoms with Crippen molar-refractivity contribution in [3.8, 4) is 5.75 Å². The van der Waals surface area contributed by atoms with Gasteiger partial charge >= 0.3 is 0 Å². The minimum absolute atomic E-state index is 0.372. The van der Waals surface area contributed by atoms with Gasteiger partial charge in [-0.3, -0.25) is 0 Å². The molecule has 0 radical (unpaired) electrons. The third-order valence-electron chi connectivity index (χ3n) is 4.04. The predicted octanol–water partition coefficient (Wildman–Crippen LogP) is 2.92. The van der Waals surface area contributed by atoms with E-state index in [0.29, 0.717) is 18.9 Å². The van der Waals surface area contributed by atoms with Crippen LogP contribution in [0.1, 0.15) is 35.4 Å². The Morgan fingerprint density at radius 1 is 1.32 bits per heavy atom. The first-order valence-corrected chi connectivity index (χ1v) is 8.43. The fourth-order valence-electron chi connectivity index (χ4n) is 2.87. The number of phenols is 1. The van der Waals surface area contributed by atoms with Gasteiger partial charge in [0.15, 0.2) is 0 Å². The molecule has 0 fully saturated rings.